The predicted octanol–water partition coefficient (Wildman–Crippen LogP) is 0.251. The number of hydrogen-bond donors (Lipinski definition) is 4. The second-order valence-corrected chi connectivity index (χ2v) is 9.05. The van der Waals surface area contributed by atoms with E-state index in [1.165, 1.54) is 13.1 Å². The van der Waals surface area contributed by atoms with Crippen LogP contribution in [0, 0.1) is 12.8 Å². The standard InChI is InChI=1S/C20H30N4O8/c1-9(2)13(22-19(30)32-20(4,5)6)16(26)21-11-7-12(31-14(11)17(27)28)24-8-10(3)15(25)23-18(24)29/h8-9,11-14H,7H2,1-6H3,(H,21,26)(H,22,30)(H,27,28)(H,23,25,29)/t11-,12+,13-,14-/m0/s1. The number of H-pyrrole nitrogens is 1. The number of carbonyl (C=O) groups excluding carboxylic acids is 2. The summed E-state index contributed by atoms with van der Waals surface area (Å²) >= 11 is 0. The number of aromatic nitrogens is 2. The number of aryl methyl sites for hydroxylation is 1. The number of carboxylic acid groups (broad SMARTS) is 1. The highest BCUT2D eigenvalue weighted by Crippen LogP contribution is 2.28. The summed E-state index contributed by atoms with van der Waals surface area (Å²) in [6, 6.07) is -1.97. The quantitative estimate of drug-likeness (QED) is 0.474. The van der Waals surface area contributed by atoms with Crippen LogP contribution in [0.15, 0.2) is 15.8 Å². The van der Waals surface area contributed by atoms with Crippen molar-refractivity contribution in [2.75, 3.05) is 0 Å². The Morgan fingerprint density at radius 2 is 1.91 bits per heavy atom. The average Bonchev–Trinajstić information content (AvgIpc) is 3.04. The minimum Gasteiger partial charge on any atom is -0.479 e. The zero-order valence-corrected chi connectivity index (χ0v) is 18.9. The fourth-order valence-electron chi connectivity index (χ4n) is 3.25. The maximum Gasteiger partial charge on any atom is 0.408 e. The summed E-state index contributed by atoms with van der Waals surface area (Å²) in [4.78, 5) is 62.6. The van der Waals surface area contributed by atoms with Gasteiger partial charge >= 0.3 is 17.8 Å². The lowest BCUT2D eigenvalue weighted by Crippen LogP contribution is -2.55. The Hall–Kier alpha value is -3.15. The van der Waals surface area contributed by atoms with Gasteiger partial charge < -0.3 is 25.2 Å². The summed E-state index contributed by atoms with van der Waals surface area (Å²) in [5.41, 5.74) is -1.83. The molecule has 0 aromatic carbocycles. The van der Waals surface area contributed by atoms with Crippen molar-refractivity contribution in [1.82, 2.24) is 20.2 Å². The molecule has 0 aliphatic carbocycles. The largest absolute Gasteiger partial charge is 0.479 e. The second kappa shape index (κ2) is 9.55. The highest BCUT2D eigenvalue weighted by atomic mass is 16.6. The van der Waals surface area contributed by atoms with Crippen LogP contribution in [-0.2, 0) is 19.1 Å². The Kier molecular flexibility index (Phi) is 7.50. The first-order chi connectivity index (χ1) is 14.7. The number of carboxylic acids is 1. The summed E-state index contributed by atoms with van der Waals surface area (Å²) in [6.07, 6.45) is -1.99. The molecule has 0 unspecified atom stereocenters. The van der Waals surface area contributed by atoms with Crippen LogP contribution in [-0.4, -0.2) is 56.4 Å². The Morgan fingerprint density at radius 3 is 2.44 bits per heavy atom. The highest BCUT2D eigenvalue weighted by Gasteiger charge is 2.43. The number of aromatic amines is 1. The monoisotopic (exact) mass is 454 g/mol. The topological polar surface area (TPSA) is 169 Å². The Morgan fingerprint density at radius 1 is 1.28 bits per heavy atom. The fourth-order valence-corrected chi connectivity index (χ4v) is 3.25. The Balaban J connectivity index is 2.19. The molecule has 1 aliphatic rings. The highest BCUT2D eigenvalue weighted by molar-refractivity contribution is 5.87. The summed E-state index contributed by atoms with van der Waals surface area (Å²) in [7, 11) is 0. The third-order valence-corrected chi connectivity index (χ3v) is 4.77. The Labute approximate surface area is 184 Å². The van der Waals surface area contributed by atoms with E-state index in [1.807, 2.05) is 0 Å². The van der Waals surface area contributed by atoms with Crippen LogP contribution in [0.1, 0.15) is 52.8 Å². The van der Waals surface area contributed by atoms with Gasteiger partial charge in [-0.15, -0.1) is 0 Å². The third kappa shape index (κ3) is 6.19. The number of nitrogens with one attached hydrogen (secondary N) is 3. The normalized spacial score (nSPS) is 21.8. The second-order valence-electron chi connectivity index (χ2n) is 9.05. The van der Waals surface area contributed by atoms with E-state index in [4.69, 9.17) is 9.47 Å². The predicted molar refractivity (Wildman–Crippen MR) is 112 cm³/mol. The van der Waals surface area contributed by atoms with Gasteiger partial charge in [0, 0.05) is 18.2 Å². The van der Waals surface area contributed by atoms with E-state index < -0.39 is 59.2 Å². The molecule has 12 nitrogen and oxygen atoms in total. The van der Waals surface area contributed by atoms with Gasteiger partial charge in [0.05, 0.1) is 6.04 Å². The molecule has 1 fully saturated rings. The number of rotatable bonds is 6. The first kappa shape index (κ1) is 25.1. The first-order valence-corrected chi connectivity index (χ1v) is 10.2. The fraction of sp³-hybridized carbons (Fsp3) is 0.650. The van der Waals surface area contributed by atoms with E-state index in [0.717, 1.165) is 4.57 Å². The number of aliphatic carboxylic acids is 1. The molecule has 1 saturated heterocycles. The molecule has 1 aliphatic heterocycles. The zero-order valence-electron chi connectivity index (χ0n) is 18.9. The maximum atomic E-state index is 12.9. The number of nitrogens with zero attached hydrogens (tertiary/aromatic N) is 1. The molecule has 0 radical (unpaired) electrons. The molecule has 1 aromatic rings. The van der Waals surface area contributed by atoms with E-state index in [-0.39, 0.29) is 17.9 Å². The molecular weight excluding hydrogens is 424 g/mol. The van der Waals surface area contributed by atoms with E-state index in [0.29, 0.717) is 0 Å². The molecule has 1 aromatic heterocycles. The number of ether oxygens (including phenoxy) is 2. The van der Waals surface area contributed by atoms with Gasteiger partial charge in [-0.25, -0.2) is 14.4 Å². The molecule has 0 bridgehead atoms. The molecule has 4 N–H and O–H groups in total. The molecule has 0 saturated carbocycles. The molecule has 2 rings (SSSR count). The van der Waals surface area contributed by atoms with Crippen molar-refractivity contribution in [2.45, 2.75) is 78.0 Å². The van der Waals surface area contributed by atoms with Crippen molar-refractivity contribution in [3.8, 4) is 0 Å². The molecule has 4 atom stereocenters. The van der Waals surface area contributed by atoms with Crippen LogP contribution >= 0.6 is 0 Å². The Bertz CT molecular complexity index is 991. The van der Waals surface area contributed by atoms with Gasteiger partial charge in [0.25, 0.3) is 5.56 Å². The molecular formula is C20H30N4O8. The summed E-state index contributed by atoms with van der Waals surface area (Å²) in [5.74, 6) is -2.27. The van der Waals surface area contributed by atoms with Gasteiger partial charge in [0.15, 0.2) is 6.10 Å². The van der Waals surface area contributed by atoms with Crippen LogP contribution in [0.4, 0.5) is 4.79 Å². The van der Waals surface area contributed by atoms with E-state index >= 15 is 0 Å². The average molecular weight is 454 g/mol. The summed E-state index contributed by atoms with van der Waals surface area (Å²) < 4.78 is 11.8. The van der Waals surface area contributed by atoms with Crippen molar-refractivity contribution in [1.29, 1.82) is 0 Å². The summed E-state index contributed by atoms with van der Waals surface area (Å²) in [6.45, 7) is 9.98. The van der Waals surface area contributed by atoms with Gasteiger partial charge in [-0.05, 0) is 33.6 Å². The van der Waals surface area contributed by atoms with Crippen LogP contribution in [0.5, 0.6) is 0 Å². The van der Waals surface area contributed by atoms with E-state index in [2.05, 4.69) is 15.6 Å². The van der Waals surface area contributed by atoms with E-state index in [1.54, 1.807) is 34.6 Å². The molecule has 2 amide bonds. The molecule has 178 valence electrons. The maximum absolute atomic E-state index is 12.9. The van der Waals surface area contributed by atoms with E-state index in [9.17, 15) is 29.1 Å². The smallest absolute Gasteiger partial charge is 0.408 e. The van der Waals surface area contributed by atoms with Crippen LogP contribution < -0.4 is 21.9 Å². The third-order valence-electron chi connectivity index (χ3n) is 4.77. The number of alkyl carbamates (subject to hydrolysis) is 1. The lowest BCUT2D eigenvalue weighted by atomic mass is 10.0. The van der Waals surface area contributed by atoms with Gasteiger partial charge in [0.1, 0.15) is 17.9 Å². The van der Waals surface area contributed by atoms with Crippen LogP contribution in [0.3, 0.4) is 0 Å². The first-order valence-electron chi connectivity index (χ1n) is 10.2. The number of amides is 2. The van der Waals surface area contributed by atoms with Gasteiger partial charge in [-0.3, -0.25) is 19.1 Å². The van der Waals surface area contributed by atoms with Gasteiger partial charge in [-0.2, -0.15) is 0 Å². The lowest BCUT2D eigenvalue weighted by molar-refractivity contribution is -0.152. The van der Waals surface area contributed by atoms with Crippen LogP contribution in [0.2, 0.25) is 0 Å². The molecule has 12 heteroatoms. The summed E-state index contributed by atoms with van der Waals surface area (Å²) in [5, 5.41) is 14.6. The van der Waals surface area contributed by atoms with Crippen molar-refractivity contribution in [3.05, 3.63) is 32.6 Å². The molecule has 2 heterocycles. The zero-order chi connectivity index (χ0) is 24.4. The van der Waals surface area contributed by atoms with Crippen molar-refractivity contribution < 1.29 is 29.0 Å². The van der Waals surface area contributed by atoms with Gasteiger partial charge in [0.2, 0.25) is 5.91 Å². The minimum absolute atomic E-state index is 0.0364. The lowest BCUT2D eigenvalue weighted by Gasteiger charge is -2.26. The number of hydrogen-bond acceptors (Lipinski definition) is 7. The minimum atomic E-state index is -1.43. The van der Waals surface area contributed by atoms with Crippen molar-refractivity contribution in [2.24, 2.45) is 5.92 Å². The SMILES string of the molecule is Cc1cn([C@H]2C[C@H](NC(=O)[C@@H](NC(=O)OC(C)(C)C)C(C)C)[C@@H](C(=O)O)O2)c(=O)[nH]c1=O. The number of carbonyl (C=O) groups is 3. The molecule has 0 spiro atoms. The van der Waals surface area contributed by atoms with Gasteiger partial charge in [-0.1, -0.05) is 13.8 Å². The molecule has 32 heavy (non-hydrogen) atoms. The van der Waals surface area contributed by atoms with Crippen molar-refractivity contribution in [3.63, 3.8) is 0 Å². The van der Waals surface area contributed by atoms with Crippen molar-refractivity contribution >= 4 is 18.0 Å². The van der Waals surface area contributed by atoms with Crippen LogP contribution in [0.25, 0.3) is 0 Å².